The predicted molar refractivity (Wildman–Crippen MR) is 184 cm³/mol. The number of aromatic nitrogens is 1. The first kappa shape index (κ1) is 38.8. The van der Waals surface area contributed by atoms with Crippen molar-refractivity contribution in [1.29, 1.82) is 15.8 Å². The number of pyridine rings is 1. The van der Waals surface area contributed by atoms with Crippen LogP contribution in [0.25, 0.3) is 11.1 Å². The number of nitrogens with zero attached hydrogens (tertiary/aromatic N) is 5. The Morgan fingerprint density at radius 2 is 1.44 bits per heavy atom. The third-order valence-electron chi connectivity index (χ3n) is 6.04. The third kappa shape index (κ3) is 11.9. The molecule has 0 saturated heterocycles. The second-order valence-electron chi connectivity index (χ2n) is 8.69. The monoisotopic (exact) mass is 593 g/mol. The van der Waals surface area contributed by atoms with Gasteiger partial charge >= 0.3 is 0 Å². The molecule has 3 aromatic rings. The molecule has 0 bridgehead atoms. The van der Waals surface area contributed by atoms with Crippen molar-refractivity contribution in [3.05, 3.63) is 93.8 Å². The quantitative estimate of drug-likeness (QED) is 0.140. The van der Waals surface area contributed by atoms with Crippen molar-refractivity contribution in [3.8, 4) is 29.3 Å². The fourth-order valence-corrected chi connectivity index (χ4v) is 4.93. The van der Waals surface area contributed by atoms with Crippen LogP contribution in [0.15, 0.2) is 70.3 Å². The van der Waals surface area contributed by atoms with Gasteiger partial charge in [0.15, 0.2) is 0 Å². The van der Waals surface area contributed by atoms with E-state index in [-0.39, 0.29) is 0 Å². The molecule has 0 spiro atoms. The molecular formula is C37H47N5S. The summed E-state index contributed by atoms with van der Waals surface area (Å²) in [6, 6.07) is 22.9. The number of thioether (sulfide) groups is 1. The Balaban J connectivity index is 0.00000276. The Hall–Kier alpha value is -4.18. The summed E-state index contributed by atoms with van der Waals surface area (Å²) in [7, 11) is 0. The van der Waals surface area contributed by atoms with Crippen molar-refractivity contribution in [3.63, 3.8) is 0 Å². The van der Waals surface area contributed by atoms with Crippen LogP contribution in [0.2, 0.25) is 0 Å². The Kier molecular flexibility index (Phi) is 20.2. The Morgan fingerprint density at radius 1 is 0.860 bits per heavy atom. The molecule has 226 valence electrons. The van der Waals surface area contributed by atoms with Crippen molar-refractivity contribution in [1.82, 2.24) is 4.98 Å². The number of aryl methyl sites for hydroxylation is 3. The molecule has 0 aliphatic heterocycles. The van der Waals surface area contributed by atoms with E-state index < -0.39 is 0 Å². The van der Waals surface area contributed by atoms with Gasteiger partial charge in [0.2, 0.25) is 0 Å². The fourth-order valence-electron chi connectivity index (χ4n) is 3.92. The van der Waals surface area contributed by atoms with Crippen LogP contribution in [0.3, 0.4) is 0 Å². The van der Waals surface area contributed by atoms with Crippen molar-refractivity contribution in [2.45, 2.75) is 93.5 Å². The van der Waals surface area contributed by atoms with Gasteiger partial charge in [-0.15, -0.1) is 0 Å². The first-order valence-corrected chi connectivity index (χ1v) is 16.1. The molecular weight excluding hydrogens is 547 g/mol. The highest BCUT2D eigenvalue weighted by Gasteiger charge is 2.20. The minimum absolute atomic E-state index is 0.402. The molecule has 1 aromatic heterocycles. The number of hydrogen-bond acceptors (Lipinski definition) is 6. The van der Waals surface area contributed by atoms with E-state index in [2.05, 4.69) is 54.4 Å². The lowest BCUT2D eigenvalue weighted by Gasteiger charge is -2.14. The van der Waals surface area contributed by atoms with Crippen molar-refractivity contribution < 1.29 is 0 Å². The predicted octanol–water partition coefficient (Wildman–Crippen LogP) is 10.5. The molecule has 0 atom stereocenters. The Morgan fingerprint density at radius 3 is 1.95 bits per heavy atom. The van der Waals surface area contributed by atoms with E-state index in [4.69, 9.17) is 10.3 Å². The summed E-state index contributed by atoms with van der Waals surface area (Å²) in [6.07, 6.45) is 4.11. The number of unbranched alkanes of at least 4 members (excludes halogenated alkanes) is 1. The van der Waals surface area contributed by atoms with Gasteiger partial charge in [0.25, 0.3) is 0 Å². The van der Waals surface area contributed by atoms with Crippen molar-refractivity contribution in [2.75, 3.05) is 5.75 Å². The van der Waals surface area contributed by atoms with Crippen molar-refractivity contribution in [2.24, 2.45) is 4.99 Å². The van der Waals surface area contributed by atoms with E-state index in [0.29, 0.717) is 39.6 Å². The standard InChI is InChI=1S/C31H29N5S.3C2H6/c1-5-27(35-22(3)25-13-9-21(2)10-14-25)20-37-31-29(19-34)30(28(18-33)23(4)36-31)26-15-11-24(12-16-26)8-6-7-17-32;3*1-2/h5,9-16H,6-8,20H2,1-4H3;3*1-2H3/b27-5-,35-22?;;;. The molecule has 0 saturated carbocycles. The topological polar surface area (TPSA) is 96.6 Å². The normalized spacial score (nSPS) is 10.3. The van der Waals surface area contributed by atoms with Gasteiger partial charge < -0.3 is 0 Å². The summed E-state index contributed by atoms with van der Waals surface area (Å²) in [6.45, 7) is 19.8. The second-order valence-corrected chi connectivity index (χ2v) is 9.66. The zero-order valence-electron chi connectivity index (χ0n) is 27.7. The molecule has 0 fully saturated rings. The molecule has 0 unspecified atom stereocenters. The van der Waals surface area contributed by atoms with Crippen LogP contribution in [0.4, 0.5) is 0 Å². The maximum Gasteiger partial charge on any atom is 0.115 e. The Labute approximate surface area is 265 Å². The lowest BCUT2D eigenvalue weighted by molar-refractivity contribution is 0.850. The summed E-state index contributed by atoms with van der Waals surface area (Å²) in [5.41, 5.74) is 8.04. The maximum atomic E-state index is 10.1. The molecule has 43 heavy (non-hydrogen) atoms. The minimum atomic E-state index is 0.402. The van der Waals surface area contributed by atoms with E-state index in [1.54, 1.807) is 6.92 Å². The van der Waals surface area contributed by atoms with E-state index in [1.165, 1.54) is 17.3 Å². The molecule has 3 rings (SSSR count). The molecule has 0 aliphatic carbocycles. The number of hydrogen-bond donors (Lipinski definition) is 0. The zero-order chi connectivity index (χ0) is 32.8. The van der Waals surface area contributed by atoms with Gasteiger partial charge in [0.05, 0.1) is 22.9 Å². The number of benzene rings is 2. The highest BCUT2D eigenvalue weighted by atomic mass is 32.2. The SMILES string of the molecule is C/C=C(/CSc1nc(C)c(C#N)c(-c2ccc(CCCC#N)cc2)c1C#N)N=C(C)c1ccc(C)cc1.CC.CC.CC. The molecule has 0 radical (unpaired) electrons. The fraction of sp³-hybridized carbons (Fsp3) is 0.378. The van der Waals surface area contributed by atoms with E-state index in [9.17, 15) is 10.5 Å². The number of nitriles is 3. The van der Waals surface area contributed by atoms with E-state index >= 15 is 0 Å². The smallest absolute Gasteiger partial charge is 0.115 e. The largest absolute Gasteiger partial charge is 0.257 e. The second kappa shape index (κ2) is 22.4. The van der Waals surface area contributed by atoms with Crippen LogP contribution in [0.5, 0.6) is 0 Å². The first-order valence-electron chi connectivity index (χ1n) is 15.1. The van der Waals surface area contributed by atoms with Crippen LogP contribution in [-0.2, 0) is 6.42 Å². The van der Waals surface area contributed by atoms with Crippen molar-refractivity contribution >= 4 is 17.5 Å². The molecule has 6 heteroatoms. The van der Waals surface area contributed by atoms with Gasteiger partial charge in [-0.25, -0.2) is 4.98 Å². The molecule has 0 N–H and O–H groups in total. The van der Waals surface area contributed by atoms with Gasteiger partial charge in [-0.05, 0) is 57.2 Å². The third-order valence-corrected chi connectivity index (χ3v) is 7.04. The van der Waals surface area contributed by atoms with Crippen LogP contribution in [-0.4, -0.2) is 16.4 Å². The zero-order valence-corrected chi connectivity index (χ0v) is 28.5. The number of rotatable bonds is 9. The van der Waals surface area contributed by atoms with Crippen LogP contribution < -0.4 is 0 Å². The average molecular weight is 594 g/mol. The van der Waals surface area contributed by atoms with Gasteiger partial charge in [0, 0.05) is 29.1 Å². The van der Waals surface area contributed by atoms with Gasteiger partial charge in [-0.2, -0.15) is 15.8 Å². The number of allylic oxidation sites excluding steroid dienone is 1. The van der Waals surface area contributed by atoms with Crippen LogP contribution in [0, 0.1) is 47.8 Å². The summed E-state index contributed by atoms with van der Waals surface area (Å²) in [5.74, 6) is 0.546. The van der Waals surface area contributed by atoms with E-state index in [1.807, 2.05) is 85.7 Å². The summed E-state index contributed by atoms with van der Waals surface area (Å²) >= 11 is 1.45. The molecule has 0 aliphatic rings. The molecule has 5 nitrogen and oxygen atoms in total. The number of aliphatic imine (C=N–C) groups is 1. The lowest BCUT2D eigenvalue weighted by atomic mass is 9.94. The van der Waals surface area contributed by atoms with Gasteiger partial charge in [-0.3, -0.25) is 4.99 Å². The summed E-state index contributed by atoms with van der Waals surface area (Å²) < 4.78 is 0. The molecule has 2 aromatic carbocycles. The highest BCUT2D eigenvalue weighted by molar-refractivity contribution is 7.99. The first-order chi connectivity index (χ1) is 20.9. The Bertz CT molecular complexity index is 1450. The minimum Gasteiger partial charge on any atom is -0.257 e. The van der Waals surface area contributed by atoms with E-state index in [0.717, 1.165) is 40.9 Å². The van der Waals surface area contributed by atoms with Gasteiger partial charge in [0.1, 0.15) is 17.2 Å². The van der Waals surface area contributed by atoms with Gasteiger partial charge in [-0.1, -0.05) is 113 Å². The highest BCUT2D eigenvalue weighted by Crippen LogP contribution is 2.35. The average Bonchev–Trinajstić information content (AvgIpc) is 3.06. The van der Waals surface area contributed by atoms with Crippen LogP contribution >= 0.6 is 11.8 Å². The molecule has 0 amide bonds. The molecule has 1 heterocycles. The van der Waals surface area contributed by atoms with Crippen LogP contribution in [0.1, 0.15) is 102 Å². The summed E-state index contributed by atoms with van der Waals surface area (Å²) in [5, 5.41) is 29.4. The summed E-state index contributed by atoms with van der Waals surface area (Å²) in [4.78, 5) is 9.45. The maximum absolute atomic E-state index is 10.1. The lowest BCUT2D eigenvalue weighted by Crippen LogP contribution is -2.02.